The number of carbonyl (C=O) groups is 3. The van der Waals surface area contributed by atoms with Crippen LogP contribution >= 0.6 is 22.6 Å². The van der Waals surface area contributed by atoms with Gasteiger partial charge in [-0.1, -0.05) is 18.2 Å². The standard InChI is InChI=1S/C32H32FIN4O8/c1-5-44-31(40)28-18(2)36-32(41)37-29(28)20-8-11-24(25(13-20)42-3)45-17-27(39)38-35-15-21-12-23(34)14-26(43-4)30(21)46-16-19-6-9-22(33)10-7-19/h6-15,29H,5,16-17H2,1-4H3,(H,38,39)(H2,36,37,41)/b35-15+/t29-/m1/s1. The lowest BCUT2D eigenvalue weighted by Crippen LogP contribution is -2.45. The van der Waals surface area contributed by atoms with Gasteiger partial charge in [-0.25, -0.2) is 19.4 Å². The Balaban J connectivity index is 1.42. The summed E-state index contributed by atoms with van der Waals surface area (Å²) in [6.45, 7) is 3.24. The number of nitrogens with zero attached hydrogens (tertiary/aromatic N) is 1. The third-order valence-corrected chi connectivity index (χ3v) is 7.22. The minimum atomic E-state index is -0.794. The van der Waals surface area contributed by atoms with Crippen LogP contribution in [0.3, 0.4) is 0 Å². The largest absolute Gasteiger partial charge is 0.493 e. The van der Waals surface area contributed by atoms with Gasteiger partial charge in [0.05, 0.1) is 38.7 Å². The van der Waals surface area contributed by atoms with Crippen LogP contribution in [0.4, 0.5) is 9.18 Å². The van der Waals surface area contributed by atoms with Gasteiger partial charge in [0.2, 0.25) is 0 Å². The summed E-state index contributed by atoms with van der Waals surface area (Å²) in [5.41, 5.74) is 4.89. The highest BCUT2D eigenvalue weighted by Crippen LogP contribution is 2.35. The maximum atomic E-state index is 13.3. The molecule has 0 saturated carbocycles. The lowest BCUT2D eigenvalue weighted by molar-refractivity contribution is -0.139. The number of hydrazone groups is 1. The first-order chi connectivity index (χ1) is 22.1. The van der Waals surface area contributed by atoms with Crippen LogP contribution in [0.2, 0.25) is 0 Å². The van der Waals surface area contributed by atoms with Crippen LogP contribution in [0.25, 0.3) is 0 Å². The molecule has 0 aromatic heterocycles. The molecule has 242 valence electrons. The van der Waals surface area contributed by atoms with E-state index in [9.17, 15) is 18.8 Å². The minimum Gasteiger partial charge on any atom is -0.493 e. The summed E-state index contributed by atoms with van der Waals surface area (Å²) in [6.07, 6.45) is 1.42. The van der Waals surface area contributed by atoms with Crippen LogP contribution in [0.5, 0.6) is 23.0 Å². The number of allylic oxidation sites excluding steroid dienone is 1. The molecule has 0 spiro atoms. The fourth-order valence-corrected chi connectivity index (χ4v) is 5.10. The number of hydrogen-bond donors (Lipinski definition) is 3. The Bertz CT molecular complexity index is 1660. The van der Waals surface area contributed by atoms with Gasteiger partial charge in [-0.15, -0.1) is 0 Å². The van der Waals surface area contributed by atoms with E-state index >= 15 is 0 Å². The second-order valence-electron chi connectivity index (χ2n) is 9.72. The minimum absolute atomic E-state index is 0.156. The van der Waals surface area contributed by atoms with E-state index in [0.29, 0.717) is 28.3 Å². The number of halogens is 2. The summed E-state index contributed by atoms with van der Waals surface area (Å²) in [5.74, 6) is -0.0777. The lowest BCUT2D eigenvalue weighted by Gasteiger charge is -2.28. The summed E-state index contributed by atoms with van der Waals surface area (Å²) in [7, 11) is 2.94. The van der Waals surface area contributed by atoms with E-state index in [-0.39, 0.29) is 36.1 Å². The van der Waals surface area contributed by atoms with Crippen molar-refractivity contribution in [3.8, 4) is 23.0 Å². The second kappa shape index (κ2) is 15.9. The molecule has 0 aliphatic carbocycles. The van der Waals surface area contributed by atoms with E-state index in [1.807, 2.05) is 0 Å². The van der Waals surface area contributed by atoms with Crippen LogP contribution in [-0.2, 0) is 20.9 Å². The van der Waals surface area contributed by atoms with Crippen molar-refractivity contribution < 1.29 is 42.5 Å². The Morgan fingerprint density at radius 3 is 2.46 bits per heavy atom. The predicted octanol–water partition coefficient (Wildman–Crippen LogP) is 4.75. The van der Waals surface area contributed by atoms with Gasteiger partial charge in [0, 0.05) is 14.8 Å². The maximum Gasteiger partial charge on any atom is 0.338 e. The molecule has 14 heteroatoms. The zero-order chi connectivity index (χ0) is 33.2. The van der Waals surface area contributed by atoms with Crippen LogP contribution in [0.15, 0.2) is 71.0 Å². The molecule has 0 bridgehead atoms. The highest BCUT2D eigenvalue weighted by molar-refractivity contribution is 14.1. The molecule has 4 rings (SSSR count). The number of ether oxygens (including phenoxy) is 5. The molecule has 3 amide bonds. The molecule has 0 unspecified atom stereocenters. The highest BCUT2D eigenvalue weighted by Gasteiger charge is 2.32. The molecule has 3 N–H and O–H groups in total. The van der Waals surface area contributed by atoms with Crippen LogP contribution in [0.1, 0.15) is 36.6 Å². The smallest absolute Gasteiger partial charge is 0.338 e. The third kappa shape index (κ3) is 8.65. The third-order valence-electron chi connectivity index (χ3n) is 6.60. The quantitative estimate of drug-likeness (QED) is 0.0985. The molecule has 1 aliphatic heterocycles. The first-order valence-corrected chi connectivity index (χ1v) is 15.0. The van der Waals surface area contributed by atoms with Gasteiger partial charge < -0.3 is 34.3 Å². The number of esters is 1. The average molecular weight is 747 g/mol. The molecule has 1 heterocycles. The molecule has 3 aromatic rings. The molecule has 3 aromatic carbocycles. The lowest BCUT2D eigenvalue weighted by atomic mass is 9.95. The Morgan fingerprint density at radius 1 is 1.02 bits per heavy atom. The van der Waals surface area contributed by atoms with Gasteiger partial charge in [0.1, 0.15) is 12.4 Å². The van der Waals surface area contributed by atoms with Crippen LogP contribution < -0.4 is 35.0 Å². The molecular formula is C32H32FIN4O8. The van der Waals surface area contributed by atoms with Crippen molar-refractivity contribution in [2.75, 3.05) is 27.4 Å². The van der Waals surface area contributed by atoms with Crippen LogP contribution in [0, 0.1) is 9.39 Å². The number of hydrogen-bond acceptors (Lipinski definition) is 9. The monoisotopic (exact) mass is 746 g/mol. The zero-order valence-electron chi connectivity index (χ0n) is 25.4. The summed E-state index contributed by atoms with van der Waals surface area (Å²) in [6, 6.07) is 13.1. The highest BCUT2D eigenvalue weighted by atomic mass is 127. The average Bonchev–Trinajstić information content (AvgIpc) is 3.03. The van der Waals surface area contributed by atoms with Gasteiger partial charge in [-0.2, -0.15) is 5.10 Å². The van der Waals surface area contributed by atoms with E-state index in [2.05, 4.69) is 43.8 Å². The van der Waals surface area contributed by atoms with Crippen molar-refractivity contribution in [2.45, 2.75) is 26.5 Å². The Kier molecular flexibility index (Phi) is 11.8. The fraction of sp³-hybridized carbons (Fsp3) is 0.250. The number of benzene rings is 3. The normalized spacial score (nSPS) is 14.3. The first-order valence-electron chi connectivity index (χ1n) is 14.0. The van der Waals surface area contributed by atoms with E-state index in [1.165, 1.54) is 32.6 Å². The molecule has 0 fully saturated rings. The number of rotatable bonds is 13. The summed E-state index contributed by atoms with van der Waals surface area (Å²) < 4.78 is 41.9. The van der Waals surface area contributed by atoms with Gasteiger partial charge in [0.15, 0.2) is 29.6 Å². The second-order valence-corrected chi connectivity index (χ2v) is 11.0. The fourth-order valence-electron chi connectivity index (χ4n) is 4.48. The maximum absolute atomic E-state index is 13.3. The first kappa shape index (κ1) is 34.0. The van der Waals surface area contributed by atoms with Crippen molar-refractivity contribution in [3.05, 3.63) is 91.9 Å². The molecule has 1 aliphatic rings. The Hall–Kier alpha value is -4.86. The SMILES string of the molecule is CCOC(=O)C1=C(C)NC(=O)N[C@@H]1c1ccc(OCC(=O)N/N=C/c2cc(I)cc(OC)c2OCc2ccc(F)cc2)c(OC)c1. The summed E-state index contributed by atoms with van der Waals surface area (Å²) >= 11 is 2.13. The topological polar surface area (TPSA) is 146 Å². The summed E-state index contributed by atoms with van der Waals surface area (Å²) in [5, 5.41) is 9.36. The van der Waals surface area contributed by atoms with Crippen molar-refractivity contribution in [1.82, 2.24) is 16.1 Å². The number of urea groups is 1. The molecule has 1 atom stereocenters. The van der Waals surface area contributed by atoms with E-state index in [1.54, 1.807) is 56.3 Å². The van der Waals surface area contributed by atoms with Gasteiger partial charge >= 0.3 is 12.0 Å². The van der Waals surface area contributed by atoms with Gasteiger partial charge in [0.25, 0.3) is 5.91 Å². The molecule has 46 heavy (non-hydrogen) atoms. The molecule has 0 saturated heterocycles. The van der Waals surface area contributed by atoms with Gasteiger partial charge in [-0.3, -0.25) is 4.79 Å². The van der Waals surface area contributed by atoms with Crippen molar-refractivity contribution in [2.24, 2.45) is 5.10 Å². The molecule has 0 radical (unpaired) electrons. The number of methoxy groups -OCH3 is 2. The van der Waals surface area contributed by atoms with E-state index < -0.39 is 30.6 Å². The molecular weight excluding hydrogens is 714 g/mol. The number of nitrogens with one attached hydrogen (secondary N) is 3. The van der Waals surface area contributed by atoms with E-state index in [4.69, 9.17) is 23.7 Å². The summed E-state index contributed by atoms with van der Waals surface area (Å²) in [4.78, 5) is 37.4. The van der Waals surface area contributed by atoms with Crippen molar-refractivity contribution >= 4 is 46.7 Å². The van der Waals surface area contributed by atoms with Crippen LogP contribution in [-0.4, -0.2) is 51.6 Å². The van der Waals surface area contributed by atoms with Crippen molar-refractivity contribution in [1.29, 1.82) is 0 Å². The van der Waals surface area contributed by atoms with Gasteiger partial charge in [-0.05, 0) is 84.0 Å². The van der Waals surface area contributed by atoms with Crippen molar-refractivity contribution in [3.63, 3.8) is 0 Å². The number of amides is 3. The number of carbonyl (C=O) groups excluding carboxylic acids is 3. The Morgan fingerprint density at radius 2 is 1.76 bits per heavy atom. The molecule has 12 nitrogen and oxygen atoms in total. The zero-order valence-corrected chi connectivity index (χ0v) is 27.6. The van der Waals surface area contributed by atoms with E-state index in [0.717, 1.165) is 9.13 Å². The predicted molar refractivity (Wildman–Crippen MR) is 174 cm³/mol. The Labute approximate surface area is 278 Å².